The Bertz CT molecular complexity index is 694. The van der Waals surface area contributed by atoms with E-state index >= 15 is 0 Å². The standard InChI is InChI=1S/C18H25N3O/c1-5-11-21-17(22)15(18(3,4)19)12-16(20-21)14-9-7-13(6-2)8-10-14/h7-10,12H,5-6,11,19H2,1-4H3. The maximum absolute atomic E-state index is 12.5. The molecule has 4 nitrogen and oxygen atoms in total. The van der Waals surface area contributed by atoms with E-state index in [9.17, 15) is 4.79 Å². The first kappa shape index (κ1) is 16.4. The van der Waals surface area contributed by atoms with Gasteiger partial charge in [-0.1, -0.05) is 38.1 Å². The fourth-order valence-electron chi connectivity index (χ4n) is 2.42. The van der Waals surface area contributed by atoms with Gasteiger partial charge < -0.3 is 5.73 Å². The molecule has 2 N–H and O–H groups in total. The average Bonchev–Trinajstić information content (AvgIpc) is 2.48. The molecule has 0 unspecified atom stereocenters. The molecule has 2 rings (SSSR count). The van der Waals surface area contributed by atoms with Crippen LogP contribution in [-0.2, 0) is 18.5 Å². The lowest BCUT2D eigenvalue weighted by Crippen LogP contribution is -2.39. The van der Waals surface area contributed by atoms with Crippen molar-refractivity contribution in [3.63, 3.8) is 0 Å². The molecule has 0 aliphatic rings. The van der Waals surface area contributed by atoms with E-state index in [0.29, 0.717) is 12.1 Å². The van der Waals surface area contributed by atoms with Crippen molar-refractivity contribution in [2.75, 3.05) is 0 Å². The molecule has 0 amide bonds. The summed E-state index contributed by atoms with van der Waals surface area (Å²) in [6.07, 6.45) is 1.86. The quantitative estimate of drug-likeness (QED) is 0.923. The van der Waals surface area contributed by atoms with E-state index in [4.69, 9.17) is 5.73 Å². The maximum Gasteiger partial charge on any atom is 0.271 e. The highest BCUT2D eigenvalue weighted by molar-refractivity contribution is 5.60. The lowest BCUT2D eigenvalue weighted by Gasteiger charge is -2.20. The fourth-order valence-corrected chi connectivity index (χ4v) is 2.42. The summed E-state index contributed by atoms with van der Waals surface area (Å²) in [6.45, 7) is 8.46. The van der Waals surface area contributed by atoms with Crippen LogP contribution in [-0.4, -0.2) is 9.78 Å². The number of aromatic nitrogens is 2. The third kappa shape index (κ3) is 3.45. The van der Waals surface area contributed by atoms with Gasteiger partial charge in [0.25, 0.3) is 5.56 Å². The molecule has 0 fully saturated rings. The third-order valence-corrected chi connectivity index (χ3v) is 3.76. The van der Waals surface area contributed by atoms with Gasteiger partial charge in [-0.3, -0.25) is 4.79 Å². The van der Waals surface area contributed by atoms with Crippen molar-refractivity contribution >= 4 is 0 Å². The molecule has 0 aliphatic carbocycles. The number of hydrogen-bond acceptors (Lipinski definition) is 3. The first-order valence-corrected chi connectivity index (χ1v) is 7.87. The Morgan fingerprint density at radius 2 is 1.82 bits per heavy atom. The summed E-state index contributed by atoms with van der Waals surface area (Å²) in [5.74, 6) is 0. The zero-order chi connectivity index (χ0) is 16.3. The molecule has 0 spiro atoms. The molecule has 0 aliphatic heterocycles. The van der Waals surface area contributed by atoms with Crippen LogP contribution in [0.2, 0.25) is 0 Å². The highest BCUT2D eigenvalue weighted by Crippen LogP contribution is 2.21. The van der Waals surface area contributed by atoms with Crippen molar-refractivity contribution in [2.45, 2.75) is 52.6 Å². The average molecular weight is 299 g/mol. The molecule has 2 aromatic rings. The smallest absolute Gasteiger partial charge is 0.271 e. The molecular weight excluding hydrogens is 274 g/mol. The highest BCUT2D eigenvalue weighted by Gasteiger charge is 2.21. The SMILES string of the molecule is CCCn1nc(-c2ccc(CC)cc2)cc(C(C)(C)N)c1=O. The van der Waals surface area contributed by atoms with Crippen LogP contribution in [0.15, 0.2) is 35.1 Å². The number of rotatable bonds is 5. The van der Waals surface area contributed by atoms with Crippen LogP contribution in [0.3, 0.4) is 0 Å². The molecule has 22 heavy (non-hydrogen) atoms. The molecule has 4 heteroatoms. The summed E-state index contributed by atoms with van der Waals surface area (Å²) in [7, 11) is 0. The zero-order valence-electron chi connectivity index (χ0n) is 13.9. The highest BCUT2D eigenvalue weighted by atomic mass is 16.1. The van der Waals surface area contributed by atoms with Gasteiger partial charge in [-0.25, -0.2) is 4.68 Å². The van der Waals surface area contributed by atoms with Crippen molar-refractivity contribution in [3.8, 4) is 11.3 Å². The molecule has 0 atom stereocenters. The van der Waals surface area contributed by atoms with E-state index in [2.05, 4.69) is 36.3 Å². The predicted molar refractivity (Wildman–Crippen MR) is 90.8 cm³/mol. The maximum atomic E-state index is 12.5. The molecule has 118 valence electrons. The van der Waals surface area contributed by atoms with Gasteiger partial charge in [0.2, 0.25) is 0 Å². The third-order valence-electron chi connectivity index (χ3n) is 3.76. The van der Waals surface area contributed by atoms with Gasteiger partial charge in [-0.05, 0) is 38.3 Å². The summed E-state index contributed by atoms with van der Waals surface area (Å²) in [5, 5.41) is 4.51. The fraction of sp³-hybridized carbons (Fsp3) is 0.444. The molecule has 0 bridgehead atoms. The molecule has 1 aromatic carbocycles. The van der Waals surface area contributed by atoms with Crippen LogP contribution >= 0.6 is 0 Å². The van der Waals surface area contributed by atoms with Crippen LogP contribution in [0.25, 0.3) is 11.3 Å². The van der Waals surface area contributed by atoms with Crippen molar-refractivity contribution in [1.29, 1.82) is 0 Å². The second kappa shape index (κ2) is 6.44. The van der Waals surface area contributed by atoms with Gasteiger partial charge in [0.05, 0.1) is 5.69 Å². The van der Waals surface area contributed by atoms with E-state index in [-0.39, 0.29) is 5.56 Å². The van der Waals surface area contributed by atoms with E-state index in [0.717, 1.165) is 24.1 Å². The minimum absolute atomic E-state index is 0.0942. The van der Waals surface area contributed by atoms with Gasteiger partial charge >= 0.3 is 0 Å². The molecule has 0 radical (unpaired) electrons. The normalized spacial score (nSPS) is 11.7. The summed E-state index contributed by atoms with van der Waals surface area (Å²) in [5.41, 5.74) is 9.08. The first-order chi connectivity index (χ1) is 10.4. The molecule has 1 aromatic heterocycles. The van der Waals surface area contributed by atoms with Crippen LogP contribution < -0.4 is 11.3 Å². The van der Waals surface area contributed by atoms with Gasteiger partial charge in [-0.15, -0.1) is 0 Å². The number of hydrogen-bond donors (Lipinski definition) is 1. The van der Waals surface area contributed by atoms with Gasteiger partial charge in [-0.2, -0.15) is 5.10 Å². The first-order valence-electron chi connectivity index (χ1n) is 7.87. The number of nitrogens with two attached hydrogens (primary N) is 1. The van der Waals surface area contributed by atoms with Crippen molar-refractivity contribution in [2.24, 2.45) is 5.73 Å². The Morgan fingerprint density at radius 3 is 2.32 bits per heavy atom. The number of nitrogens with zero attached hydrogens (tertiary/aromatic N) is 2. The molecule has 0 saturated carbocycles. The lowest BCUT2D eigenvalue weighted by molar-refractivity contribution is 0.507. The summed E-state index contributed by atoms with van der Waals surface area (Å²) < 4.78 is 1.53. The minimum atomic E-state index is -0.687. The van der Waals surface area contributed by atoms with Gasteiger partial charge in [0, 0.05) is 23.2 Å². The van der Waals surface area contributed by atoms with Crippen LogP contribution in [0.4, 0.5) is 0 Å². The Labute approximate surface area is 132 Å². The van der Waals surface area contributed by atoms with Crippen molar-refractivity contribution in [1.82, 2.24) is 9.78 Å². The summed E-state index contributed by atoms with van der Waals surface area (Å²) in [6, 6.07) is 10.1. The second-order valence-corrected chi connectivity index (χ2v) is 6.24. The largest absolute Gasteiger partial charge is 0.322 e. The van der Waals surface area contributed by atoms with Gasteiger partial charge in [0.15, 0.2) is 0 Å². The lowest BCUT2D eigenvalue weighted by atomic mass is 9.95. The number of aryl methyl sites for hydroxylation is 2. The molecule has 0 saturated heterocycles. The zero-order valence-corrected chi connectivity index (χ0v) is 13.9. The Balaban J connectivity index is 2.59. The summed E-state index contributed by atoms with van der Waals surface area (Å²) in [4.78, 5) is 12.5. The predicted octanol–water partition coefficient (Wildman–Crippen LogP) is 3.08. The summed E-state index contributed by atoms with van der Waals surface area (Å²) >= 11 is 0. The van der Waals surface area contributed by atoms with Crippen LogP contribution in [0, 0.1) is 0 Å². The van der Waals surface area contributed by atoms with E-state index in [1.807, 2.05) is 26.8 Å². The molecular formula is C18H25N3O. The van der Waals surface area contributed by atoms with Crippen LogP contribution in [0.5, 0.6) is 0 Å². The second-order valence-electron chi connectivity index (χ2n) is 6.24. The minimum Gasteiger partial charge on any atom is -0.322 e. The van der Waals surface area contributed by atoms with Gasteiger partial charge in [0.1, 0.15) is 0 Å². The van der Waals surface area contributed by atoms with Crippen molar-refractivity contribution in [3.05, 3.63) is 51.8 Å². The van der Waals surface area contributed by atoms with E-state index < -0.39 is 5.54 Å². The Kier molecular flexibility index (Phi) is 4.81. The topological polar surface area (TPSA) is 60.9 Å². The Hall–Kier alpha value is -1.94. The number of benzene rings is 1. The van der Waals surface area contributed by atoms with E-state index in [1.54, 1.807) is 0 Å². The van der Waals surface area contributed by atoms with Crippen molar-refractivity contribution < 1.29 is 0 Å². The van der Waals surface area contributed by atoms with Crippen LogP contribution in [0.1, 0.15) is 45.2 Å². The monoisotopic (exact) mass is 299 g/mol. The Morgan fingerprint density at radius 1 is 1.18 bits per heavy atom. The molecule has 1 heterocycles. The van der Waals surface area contributed by atoms with E-state index in [1.165, 1.54) is 10.2 Å².